The Balaban J connectivity index is 1.55. The van der Waals surface area contributed by atoms with E-state index in [9.17, 15) is 0 Å². The van der Waals surface area contributed by atoms with E-state index < -0.39 is 0 Å². The second kappa shape index (κ2) is 6.49. The fraction of sp³-hybridized carbons (Fsp3) is 1.00. The molecule has 0 radical (unpaired) electrons. The molecule has 2 fully saturated rings. The van der Waals surface area contributed by atoms with Crippen LogP contribution in [0.3, 0.4) is 0 Å². The molecule has 0 spiro atoms. The molecule has 1 atom stereocenters. The second-order valence-corrected chi connectivity index (χ2v) is 5.07. The molecule has 2 nitrogen and oxygen atoms in total. The number of nitrogens with one attached hydrogen (secondary N) is 1. The largest absolute Gasteiger partial charge is 0.378 e. The molecule has 1 N–H and O–H groups in total. The van der Waals surface area contributed by atoms with E-state index in [2.05, 4.69) is 5.32 Å². The zero-order valence-corrected chi connectivity index (χ0v) is 9.84. The molecule has 15 heavy (non-hydrogen) atoms. The molecule has 2 aliphatic rings. The molecule has 88 valence electrons. The van der Waals surface area contributed by atoms with E-state index in [1.807, 2.05) is 0 Å². The molecule has 1 unspecified atom stereocenters. The smallest absolute Gasteiger partial charge is 0.0588 e. The summed E-state index contributed by atoms with van der Waals surface area (Å²) >= 11 is 0. The Kier molecular flexibility index (Phi) is 4.94. The van der Waals surface area contributed by atoms with Crippen molar-refractivity contribution in [2.24, 2.45) is 0 Å². The third-order valence-electron chi connectivity index (χ3n) is 3.78. The fourth-order valence-corrected chi connectivity index (χ4v) is 2.80. The van der Waals surface area contributed by atoms with Crippen molar-refractivity contribution >= 4 is 0 Å². The van der Waals surface area contributed by atoms with Crippen LogP contribution in [-0.2, 0) is 4.74 Å². The Hall–Kier alpha value is -0.0800. The van der Waals surface area contributed by atoms with Crippen molar-refractivity contribution in [3.63, 3.8) is 0 Å². The maximum absolute atomic E-state index is 5.63. The number of rotatable bonds is 4. The summed E-state index contributed by atoms with van der Waals surface area (Å²) in [5.41, 5.74) is 0. The van der Waals surface area contributed by atoms with E-state index in [1.54, 1.807) is 0 Å². The van der Waals surface area contributed by atoms with Crippen LogP contribution in [-0.4, -0.2) is 25.3 Å². The highest BCUT2D eigenvalue weighted by molar-refractivity contribution is 4.72. The molecule has 1 heterocycles. The maximum atomic E-state index is 5.63. The molecular formula is C13H25NO. The third-order valence-corrected chi connectivity index (χ3v) is 3.78. The Labute approximate surface area is 93.8 Å². The predicted molar refractivity (Wildman–Crippen MR) is 63.1 cm³/mol. The van der Waals surface area contributed by atoms with Crippen LogP contribution in [0.25, 0.3) is 0 Å². The van der Waals surface area contributed by atoms with Crippen LogP contribution >= 0.6 is 0 Å². The van der Waals surface area contributed by atoms with Gasteiger partial charge in [-0.05, 0) is 38.6 Å². The van der Waals surface area contributed by atoms with Gasteiger partial charge in [0.05, 0.1) is 6.10 Å². The highest BCUT2D eigenvalue weighted by atomic mass is 16.5. The van der Waals surface area contributed by atoms with Crippen LogP contribution < -0.4 is 5.32 Å². The van der Waals surface area contributed by atoms with Crippen LogP contribution in [0.2, 0.25) is 0 Å². The lowest BCUT2D eigenvalue weighted by molar-refractivity contribution is 0.103. The number of hydrogen-bond acceptors (Lipinski definition) is 2. The van der Waals surface area contributed by atoms with E-state index in [4.69, 9.17) is 4.74 Å². The van der Waals surface area contributed by atoms with Gasteiger partial charge in [-0.15, -0.1) is 0 Å². The second-order valence-electron chi connectivity index (χ2n) is 5.07. The molecular weight excluding hydrogens is 186 g/mol. The van der Waals surface area contributed by atoms with E-state index in [1.165, 1.54) is 57.8 Å². The number of hydrogen-bond donors (Lipinski definition) is 1. The van der Waals surface area contributed by atoms with Crippen molar-refractivity contribution in [2.75, 3.05) is 13.2 Å². The lowest BCUT2D eigenvalue weighted by Gasteiger charge is -2.17. The first-order valence-corrected chi connectivity index (χ1v) is 6.80. The van der Waals surface area contributed by atoms with Crippen molar-refractivity contribution in [3.05, 3.63) is 0 Å². The van der Waals surface area contributed by atoms with Gasteiger partial charge in [-0.25, -0.2) is 0 Å². The predicted octanol–water partition coefficient (Wildman–Crippen LogP) is 2.87. The van der Waals surface area contributed by atoms with E-state index in [-0.39, 0.29) is 0 Å². The monoisotopic (exact) mass is 211 g/mol. The molecule has 0 amide bonds. The summed E-state index contributed by atoms with van der Waals surface area (Å²) in [6.07, 6.45) is 12.9. The van der Waals surface area contributed by atoms with Crippen LogP contribution in [0.4, 0.5) is 0 Å². The van der Waals surface area contributed by atoms with Crippen molar-refractivity contribution in [1.29, 1.82) is 0 Å². The highest BCUT2D eigenvalue weighted by Crippen LogP contribution is 2.18. The third kappa shape index (κ3) is 4.12. The van der Waals surface area contributed by atoms with Gasteiger partial charge in [0.2, 0.25) is 0 Å². The highest BCUT2D eigenvalue weighted by Gasteiger charge is 2.16. The van der Waals surface area contributed by atoms with Crippen molar-refractivity contribution < 1.29 is 4.74 Å². The number of ether oxygens (including phenoxy) is 1. The minimum Gasteiger partial charge on any atom is -0.378 e. The van der Waals surface area contributed by atoms with Crippen molar-refractivity contribution in [1.82, 2.24) is 5.32 Å². The molecule has 1 aliphatic carbocycles. The summed E-state index contributed by atoms with van der Waals surface area (Å²) in [4.78, 5) is 0. The fourth-order valence-electron chi connectivity index (χ4n) is 2.80. The quantitative estimate of drug-likeness (QED) is 0.722. The lowest BCUT2D eigenvalue weighted by Crippen LogP contribution is -2.31. The summed E-state index contributed by atoms with van der Waals surface area (Å²) in [5.74, 6) is 0. The molecule has 1 saturated carbocycles. The van der Waals surface area contributed by atoms with Crippen LogP contribution in [0, 0.1) is 0 Å². The van der Waals surface area contributed by atoms with Crippen molar-refractivity contribution in [2.45, 2.75) is 69.9 Å². The van der Waals surface area contributed by atoms with Gasteiger partial charge in [-0.1, -0.05) is 25.7 Å². The van der Waals surface area contributed by atoms with E-state index in [0.29, 0.717) is 6.10 Å². The molecule has 0 bridgehead atoms. The minimum absolute atomic E-state index is 0.559. The van der Waals surface area contributed by atoms with Gasteiger partial charge in [0.25, 0.3) is 0 Å². The van der Waals surface area contributed by atoms with Gasteiger partial charge in [0, 0.05) is 12.6 Å². The van der Waals surface area contributed by atoms with Gasteiger partial charge in [-0.3, -0.25) is 0 Å². The molecule has 0 aromatic heterocycles. The molecule has 0 aromatic rings. The van der Waals surface area contributed by atoms with Gasteiger partial charge in [0.1, 0.15) is 0 Å². The van der Waals surface area contributed by atoms with Crippen molar-refractivity contribution in [3.8, 4) is 0 Å². The first-order chi connectivity index (χ1) is 7.45. The first kappa shape index (κ1) is 11.4. The molecule has 0 aromatic carbocycles. The topological polar surface area (TPSA) is 21.3 Å². The maximum Gasteiger partial charge on any atom is 0.0588 e. The Bertz CT molecular complexity index is 158. The molecule has 1 aliphatic heterocycles. The standard InChI is InChI=1S/C13H25NO/c1-2-4-7-12(6-3-1)14-10-9-13-8-5-11-15-13/h12-14H,1-11H2. The Morgan fingerprint density at radius 3 is 2.40 bits per heavy atom. The zero-order chi connectivity index (χ0) is 10.3. The average molecular weight is 211 g/mol. The zero-order valence-electron chi connectivity index (χ0n) is 9.84. The molecule has 1 saturated heterocycles. The van der Waals surface area contributed by atoms with Gasteiger partial charge >= 0.3 is 0 Å². The summed E-state index contributed by atoms with van der Waals surface area (Å²) < 4.78 is 5.63. The van der Waals surface area contributed by atoms with Crippen LogP contribution in [0.15, 0.2) is 0 Å². The van der Waals surface area contributed by atoms with E-state index >= 15 is 0 Å². The lowest BCUT2D eigenvalue weighted by atomic mass is 10.1. The van der Waals surface area contributed by atoms with Crippen LogP contribution in [0.5, 0.6) is 0 Å². The van der Waals surface area contributed by atoms with Gasteiger partial charge in [0.15, 0.2) is 0 Å². The summed E-state index contributed by atoms with van der Waals surface area (Å²) in [5, 5.41) is 3.71. The van der Waals surface area contributed by atoms with Crippen LogP contribution in [0.1, 0.15) is 57.8 Å². The molecule has 2 rings (SSSR count). The Morgan fingerprint density at radius 1 is 0.933 bits per heavy atom. The first-order valence-electron chi connectivity index (χ1n) is 6.80. The van der Waals surface area contributed by atoms with Gasteiger partial charge < -0.3 is 10.1 Å². The summed E-state index contributed by atoms with van der Waals surface area (Å²) in [7, 11) is 0. The van der Waals surface area contributed by atoms with E-state index in [0.717, 1.165) is 19.2 Å². The SMILES string of the molecule is C1CCCC(NCCC2CCCO2)CC1. The summed E-state index contributed by atoms with van der Waals surface area (Å²) in [6, 6.07) is 0.800. The Morgan fingerprint density at radius 2 is 1.73 bits per heavy atom. The van der Waals surface area contributed by atoms with Gasteiger partial charge in [-0.2, -0.15) is 0 Å². The normalized spacial score (nSPS) is 29.2. The summed E-state index contributed by atoms with van der Waals surface area (Å²) in [6.45, 7) is 2.16. The minimum atomic E-state index is 0.559. The average Bonchev–Trinajstić information content (AvgIpc) is 2.62. The molecule has 2 heteroatoms.